The summed E-state index contributed by atoms with van der Waals surface area (Å²) < 4.78 is 1.78. The molecule has 2 aromatic rings. The lowest BCUT2D eigenvalue weighted by atomic mass is 10.0. The molecule has 0 unspecified atom stereocenters. The first-order valence-electron chi connectivity index (χ1n) is 7.34. The average Bonchev–Trinajstić information content (AvgIpc) is 2.51. The van der Waals surface area contributed by atoms with E-state index in [0.717, 1.165) is 25.9 Å². The molecule has 0 spiro atoms. The van der Waals surface area contributed by atoms with Gasteiger partial charge >= 0.3 is 5.69 Å². The minimum absolute atomic E-state index is 0.148. The van der Waals surface area contributed by atoms with E-state index in [2.05, 4.69) is 20.9 Å². The summed E-state index contributed by atoms with van der Waals surface area (Å²) in [5.74, 6) is -0.000319. The summed E-state index contributed by atoms with van der Waals surface area (Å²) in [4.78, 5) is 42.8. The number of halogens is 1. The highest BCUT2D eigenvalue weighted by Crippen LogP contribution is 2.49. The second-order valence-corrected chi connectivity index (χ2v) is 6.70. The smallest absolute Gasteiger partial charge is 0.326 e. The van der Waals surface area contributed by atoms with Crippen molar-refractivity contribution in [2.24, 2.45) is 7.05 Å². The third kappa shape index (κ3) is 2.06. The molecule has 1 amide bonds. The van der Waals surface area contributed by atoms with Crippen molar-refractivity contribution in [3.8, 4) is 0 Å². The highest BCUT2D eigenvalue weighted by molar-refractivity contribution is 9.10. The van der Waals surface area contributed by atoms with E-state index < -0.39 is 11.2 Å². The zero-order valence-corrected chi connectivity index (χ0v) is 15.6. The monoisotopic (exact) mass is 392 g/mol. The zero-order valence-electron chi connectivity index (χ0n) is 14.0. The van der Waals surface area contributed by atoms with Gasteiger partial charge in [-0.25, -0.2) is 4.79 Å². The van der Waals surface area contributed by atoms with Gasteiger partial charge in [-0.2, -0.15) is 0 Å². The van der Waals surface area contributed by atoms with Gasteiger partial charge < -0.3 is 4.90 Å². The van der Waals surface area contributed by atoms with Gasteiger partial charge in [0.25, 0.3) is 5.56 Å². The van der Waals surface area contributed by atoms with Crippen LogP contribution in [0.1, 0.15) is 18.1 Å². The molecule has 0 aliphatic carbocycles. The fourth-order valence-electron chi connectivity index (χ4n) is 2.93. The molecule has 1 N–H and O–H groups in total. The minimum atomic E-state index is -0.530. The summed E-state index contributed by atoms with van der Waals surface area (Å²) in [6.07, 6.45) is 0. The minimum Gasteiger partial charge on any atom is -0.326 e. The van der Waals surface area contributed by atoms with Gasteiger partial charge in [0.1, 0.15) is 5.82 Å². The van der Waals surface area contributed by atoms with Crippen LogP contribution in [-0.4, -0.2) is 22.5 Å². The number of rotatable bonds is 0. The van der Waals surface area contributed by atoms with E-state index in [-0.39, 0.29) is 11.6 Å². The molecule has 0 fully saturated rings. The number of benzene rings is 1. The van der Waals surface area contributed by atoms with Crippen molar-refractivity contribution in [1.82, 2.24) is 9.55 Å². The van der Waals surface area contributed by atoms with Gasteiger partial charge in [-0.05, 0) is 47.0 Å². The molecule has 3 rings (SSSR count). The summed E-state index contributed by atoms with van der Waals surface area (Å²) in [7, 11) is 3.13. The van der Waals surface area contributed by atoms with Gasteiger partial charge in [0.05, 0.1) is 11.4 Å². The van der Waals surface area contributed by atoms with Crippen molar-refractivity contribution in [3.63, 3.8) is 0 Å². The van der Waals surface area contributed by atoms with Crippen LogP contribution in [-0.2, 0) is 11.8 Å². The summed E-state index contributed by atoms with van der Waals surface area (Å²) in [5.41, 5.74) is 2.45. The van der Waals surface area contributed by atoms with Crippen LogP contribution in [0.3, 0.4) is 0 Å². The van der Waals surface area contributed by atoms with Gasteiger partial charge in [0.15, 0.2) is 5.69 Å². The Morgan fingerprint density at radius 1 is 1.17 bits per heavy atom. The van der Waals surface area contributed by atoms with Gasteiger partial charge in [-0.3, -0.25) is 24.0 Å². The predicted octanol–water partition coefficient (Wildman–Crippen LogP) is 2.22. The SMILES string of the molecule is CC(=O)N1c2cc(C)c(C)c(Br)c2N(C)c2[nH]c(=O)n(C)c(=O)c21. The Morgan fingerprint density at radius 3 is 2.38 bits per heavy atom. The number of aromatic amines is 1. The molecule has 126 valence electrons. The number of hydrogen-bond donors (Lipinski definition) is 1. The first-order chi connectivity index (χ1) is 11.2. The molecule has 0 saturated heterocycles. The lowest BCUT2D eigenvalue weighted by Gasteiger charge is -2.37. The number of nitrogens with zero attached hydrogens (tertiary/aromatic N) is 3. The largest absolute Gasteiger partial charge is 0.329 e. The van der Waals surface area contributed by atoms with Crippen molar-refractivity contribution in [2.75, 3.05) is 16.8 Å². The Kier molecular flexibility index (Phi) is 3.67. The molecule has 1 aromatic heterocycles. The first kappa shape index (κ1) is 16.5. The fourth-order valence-corrected chi connectivity index (χ4v) is 3.72. The van der Waals surface area contributed by atoms with E-state index >= 15 is 0 Å². The van der Waals surface area contributed by atoms with Crippen molar-refractivity contribution in [2.45, 2.75) is 20.8 Å². The topological polar surface area (TPSA) is 78.4 Å². The Bertz CT molecular complexity index is 1010. The standard InChI is InChI=1S/C16H17BrN4O3/c1-7-6-10-12(11(17)8(7)2)19(4)14-13(21(10)9(3)22)15(23)20(5)16(24)18-14/h6H,1-5H3,(H,18,24). The average molecular weight is 393 g/mol. The number of amides is 1. The second-order valence-electron chi connectivity index (χ2n) is 5.91. The highest BCUT2D eigenvalue weighted by Gasteiger charge is 2.35. The van der Waals surface area contributed by atoms with Crippen molar-refractivity contribution < 1.29 is 4.79 Å². The summed E-state index contributed by atoms with van der Waals surface area (Å²) >= 11 is 3.58. The highest BCUT2D eigenvalue weighted by atomic mass is 79.9. The molecule has 7 nitrogen and oxygen atoms in total. The van der Waals surface area contributed by atoms with E-state index in [1.807, 2.05) is 19.9 Å². The van der Waals surface area contributed by atoms with Crippen LogP contribution >= 0.6 is 15.9 Å². The lowest BCUT2D eigenvalue weighted by Crippen LogP contribution is -2.43. The number of carbonyl (C=O) groups excluding carboxylic acids is 1. The number of anilines is 4. The number of nitrogens with one attached hydrogen (secondary N) is 1. The number of fused-ring (bicyclic) bond motifs is 2. The van der Waals surface area contributed by atoms with Crippen LogP contribution in [0.5, 0.6) is 0 Å². The van der Waals surface area contributed by atoms with Gasteiger partial charge in [-0.1, -0.05) is 0 Å². The van der Waals surface area contributed by atoms with Gasteiger partial charge in [0.2, 0.25) is 5.91 Å². The van der Waals surface area contributed by atoms with E-state index in [1.165, 1.54) is 18.9 Å². The molecule has 1 aliphatic rings. The van der Waals surface area contributed by atoms with E-state index in [4.69, 9.17) is 0 Å². The van der Waals surface area contributed by atoms with Crippen LogP contribution in [0.2, 0.25) is 0 Å². The number of H-pyrrole nitrogens is 1. The Balaban J connectivity index is 2.50. The molecular formula is C16H17BrN4O3. The number of carbonyl (C=O) groups is 1. The zero-order chi connectivity index (χ0) is 17.9. The third-order valence-electron chi connectivity index (χ3n) is 4.44. The second kappa shape index (κ2) is 5.34. The normalized spacial score (nSPS) is 12.9. The van der Waals surface area contributed by atoms with Crippen LogP contribution < -0.4 is 21.0 Å². The Hall–Kier alpha value is -2.35. The fraction of sp³-hybridized carbons (Fsp3) is 0.312. The quantitative estimate of drug-likeness (QED) is 0.745. The molecule has 0 bridgehead atoms. The van der Waals surface area contributed by atoms with Crippen LogP contribution in [0.25, 0.3) is 0 Å². The molecule has 2 heterocycles. The summed E-state index contributed by atoms with van der Waals surface area (Å²) in [6.45, 7) is 5.31. The van der Waals surface area contributed by atoms with E-state index in [1.54, 1.807) is 11.9 Å². The van der Waals surface area contributed by atoms with E-state index in [9.17, 15) is 14.4 Å². The molecule has 1 aliphatic heterocycles. The summed E-state index contributed by atoms with van der Waals surface area (Å²) in [6, 6.07) is 1.88. The predicted molar refractivity (Wildman–Crippen MR) is 96.8 cm³/mol. The summed E-state index contributed by atoms with van der Waals surface area (Å²) in [5, 5.41) is 0. The number of hydrogen-bond acceptors (Lipinski definition) is 4. The van der Waals surface area contributed by atoms with Crippen molar-refractivity contribution >= 4 is 44.7 Å². The van der Waals surface area contributed by atoms with Gasteiger partial charge in [0, 0.05) is 25.5 Å². The Morgan fingerprint density at radius 2 is 1.79 bits per heavy atom. The number of aromatic nitrogens is 2. The van der Waals surface area contributed by atoms with Gasteiger partial charge in [-0.15, -0.1) is 0 Å². The molecular weight excluding hydrogens is 376 g/mol. The molecule has 8 heteroatoms. The van der Waals surface area contributed by atoms with Crippen LogP contribution in [0.4, 0.5) is 22.9 Å². The molecule has 0 atom stereocenters. The Labute approximate surface area is 146 Å². The van der Waals surface area contributed by atoms with Crippen LogP contribution in [0, 0.1) is 13.8 Å². The van der Waals surface area contributed by atoms with Crippen molar-refractivity contribution in [3.05, 3.63) is 42.5 Å². The maximum absolute atomic E-state index is 12.7. The molecule has 0 radical (unpaired) electrons. The van der Waals surface area contributed by atoms with E-state index in [0.29, 0.717) is 11.5 Å². The maximum Gasteiger partial charge on any atom is 0.329 e. The number of aryl methyl sites for hydroxylation is 1. The maximum atomic E-state index is 12.7. The molecule has 24 heavy (non-hydrogen) atoms. The third-order valence-corrected chi connectivity index (χ3v) is 5.41. The molecule has 0 saturated carbocycles. The first-order valence-corrected chi connectivity index (χ1v) is 8.13. The van der Waals surface area contributed by atoms with Crippen molar-refractivity contribution in [1.29, 1.82) is 0 Å². The molecule has 1 aromatic carbocycles. The lowest BCUT2D eigenvalue weighted by molar-refractivity contribution is -0.115. The van der Waals surface area contributed by atoms with Crippen LogP contribution in [0.15, 0.2) is 20.1 Å².